The van der Waals surface area contributed by atoms with E-state index in [-0.39, 0.29) is 22.9 Å². The molecular weight excluding hydrogens is 276 g/mol. The Labute approximate surface area is 134 Å². The third kappa shape index (κ3) is 2.62. The molecule has 4 aliphatic rings. The van der Waals surface area contributed by atoms with Gasteiger partial charge in [-0.15, -0.1) is 0 Å². The first kappa shape index (κ1) is 16.0. The first-order valence-electron chi connectivity index (χ1n) is 8.72. The van der Waals surface area contributed by atoms with Gasteiger partial charge >= 0.3 is 5.97 Å². The van der Waals surface area contributed by atoms with Crippen molar-refractivity contribution in [3.05, 3.63) is 12.7 Å². The number of esters is 1. The van der Waals surface area contributed by atoms with Gasteiger partial charge in [-0.05, 0) is 88.4 Å². The van der Waals surface area contributed by atoms with E-state index in [9.17, 15) is 9.90 Å². The zero-order valence-electron chi connectivity index (χ0n) is 14.2. The molecular formula is C19H30O3. The number of rotatable bonds is 5. The molecule has 4 fully saturated rings. The Morgan fingerprint density at radius 2 is 1.95 bits per heavy atom. The highest BCUT2D eigenvalue weighted by Gasteiger charge is 2.62. The minimum atomic E-state index is -0.614. The Morgan fingerprint density at radius 3 is 2.45 bits per heavy atom. The van der Waals surface area contributed by atoms with Crippen molar-refractivity contribution in [2.24, 2.45) is 22.7 Å². The average Bonchev–Trinajstić information content (AvgIpc) is 2.34. The van der Waals surface area contributed by atoms with E-state index in [2.05, 4.69) is 6.58 Å². The Hall–Kier alpha value is -0.830. The Balaban J connectivity index is 1.79. The maximum Gasteiger partial charge on any atom is 0.330 e. The second-order valence-corrected chi connectivity index (χ2v) is 8.96. The number of ether oxygens (including phenoxy) is 1. The van der Waals surface area contributed by atoms with Gasteiger partial charge in [0.05, 0.1) is 11.7 Å². The van der Waals surface area contributed by atoms with E-state index < -0.39 is 5.60 Å². The van der Waals surface area contributed by atoms with Crippen LogP contribution in [0, 0.1) is 22.7 Å². The van der Waals surface area contributed by atoms with Gasteiger partial charge in [0.1, 0.15) is 0 Å². The third-order valence-corrected chi connectivity index (χ3v) is 6.68. The summed E-state index contributed by atoms with van der Waals surface area (Å²) in [5.74, 6) is 1.17. The van der Waals surface area contributed by atoms with Crippen LogP contribution in [0.15, 0.2) is 12.7 Å². The van der Waals surface area contributed by atoms with Gasteiger partial charge in [-0.25, -0.2) is 4.79 Å². The molecule has 0 radical (unpaired) electrons. The van der Waals surface area contributed by atoms with Gasteiger partial charge in [0.25, 0.3) is 0 Å². The van der Waals surface area contributed by atoms with E-state index >= 15 is 0 Å². The van der Waals surface area contributed by atoms with Crippen molar-refractivity contribution in [2.45, 2.75) is 77.4 Å². The van der Waals surface area contributed by atoms with Gasteiger partial charge in [-0.2, -0.15) is 0 Å². The fourth-order valence-electron chi connectivity index (χ4n) is 6.30. The smallest absolute Gasteiger partial charge is 0.330 e. The van der Waals surface area contributed by atoms with Crippen LogP contribution in [0.1, 0.15) is 65.7 Å². The Bertz CT molecular complexity index is 460. The van der Waals surface area contributed by atoms with Gasteiger partial charge in [0.2, 0.25) is 0 Å². The van der Waals surface area contributed by atoms with Crippen LogP contribution in [-0.4, -0.2) is 22.8 Å². The molecule has 0 aromatic rings. The summed E-state index contributed by atoms with van der Waals surface area (Å²) >= 11 is 0. The van der Waals surface area contributed by atoms with Gasteiger partial charge in [0, 0.05) is 6.08 Å². The molecule has 3 nitrogen and oxygen atoms in total. The summed E-state index contributed by atoms with van der Waals surface area (Å²) in [6, 6.07) is 0. The fourth-order valence-corrected chi connectivity index (χ4v) is 6.30. The summed E-state index contributed by atoms with van der Waals surface area (Å²) in [5, 5.41) is 10.8. The molecule has 0 spiro atoms. The number of carbonyl (C=O) groups excluding carboxylic acids is 1. The first-order chi connectivity index (χ1) is 10.2. The lowest BCUT2D eigenvalue weighted by molar-refractivity contribution is -0.200. The van der Waals surface area contributed by atoms with Crippen molar-refractivity contribution in [3.63, 3.8) is 0 Å². The fraction of sp³-hybridized carbons (Fsp3) is 0.842. The molecule has 3 unspecified atom stereocenters. The Morgan fingerprint density at radius 1 is 1.36 bits per heavy atom. The SMILES string of the molecule is C=CC(=O)OC(C)CC12CC3CC(C1)CC(C(C)(C)O)(C3)C2. The second kappa shape index (κ2) is 5.09. The van der Waals surface area contributed by atoms with Crippen LogP contribution >= 0.6 is 0 Å². The van der Waals surface area contributed by atoms with Crippen LogP contribution in [-0.2, 0) is 9.53 Å². The zero-order valence-corrected chi connectivity index (χ0v) is 14.2. The van der Waals surface area contributed by atoms with E-state index in [0.717, 1.165) is 24.7 Å². The molecule has 0 aliphatic heterocycles. The average molecular weight is 306 g/mol. The summed E-state index contributed by atoms with van der Waals surface area (Å²) in [5.41, 5.74) is -0.290. The zero-order chi connectivity index (χ0) is 16.2. The minimum absolute atomic E-state index is 0.0687. The predicted molar refractivity (Wildman–Crippen MR) is 86.2 cm³/mol. The Kier molecular flexibility index (Phi) is 3.71. The summed E-state index contributed by atoms with van der Waals surface area (Å²) in [6.07, 6.45) is 9.37. The molecule has 0 saturated heterocycles. The maximum absolute atomic E-state index is 11.5. The van der Waals surface area contributed by atoms with Crippen molar-refractivity contribution >= 4 is 5.97 Å². The largest absolute Gasteiger partial charge is 0.460 e. The molecule has 1 N–H and O–H groups in total. The molecule has 3 heteroatoms. The van der Waals surface area contributed by atoms with Crippen LogP contribution in [0.25, 0.3) is 0 Å². The molecule has 4 aliphatic carbocycles. The molecule has 124 valence electrons. The van der Waals surface area contributed by atoms with Crippen molar-refractivity contribution in [2.75, 3.05) is 0 Å². The molecule has 0 aromatic heterocycles. The number of hydrogen-bond donors (Lipinski definition) is 1. The molecule has 0 heterocycles. The molecule has 4 rings (SSSR count). The van der Waals surface area contributed by atoms with E-state index in [1.807, 2.05) is 20.8 Å². The molecule has 22 heavy (non-hydrogen) atoms. The molecule has 3 atom stereocenters. The highest BCUT2D eigenvalue weighted by Crippen LogP contribution is 2.69. The lowest BCUT2D eigenvalue weighted by Gasteiger charge is -2.65. The summed E-state index contributed by atoms with van der Waals surface area (Å²) in [4.78, 5) is 11.5. The van der Waals surface area contributed by atoms with E-state index in [1.54, 1.807) is 0 Å². The number of hydrogen-bond acceptors (Lipinski definition) is 3. The summed E-state index contributed by atoms with van der Waals surface area (Å²) in [6.45, 7) is 9.46. The van der Waals surface area contributed by atoms with Gasteiger partial charge in [0.15, 0.2) is 0 Å². The van der Waals surface area contributed by atoms with Crippen LogP contribution in [0.5, 0.6) is 0 Å². The van der Waals surface area contributed by atoms with E-state index in [4.69, 9.17) is 4.74 Å². The van der Waals surface area contributed by atoms with E-state index in [0.29, 0.717) is 0 Å². The monoisotopic (exact) mass is 306 g/mol. The number of carbonyl (C=O) groups is 1. The normalized spacial score (nSPS) is 41.3. The van der Waals surface area contributed by atoms with Crippen LogP contribution in [0.2, 0.25) is 0 Å². The lowest BCUT2D eigenvalue weighted by atomic mass is 9.40. The minimum Gasteiger partial charge on any atom is -0.460 e. The van der Waals surface area contributed by atoms with Crippen molar-refractivity contribution in [3.8, 4) is 0 Å². The number of aliphatic hydroxyl groups is 1. The topological polar surface area (TPSA) is 46.5 Å². The summed E-state index contributed by atoms with van der Waals surface area (Å²) < 4.78 is 5.44. The quantitative estimate of drug-likeness (QED) is 0.620. The molecule has 4 bridgehead atoms. The van der Waals surface area contributed by atoms with Crippen LogP contribution < -0.4 is 0 Å². The van der Waals surface area contributed by atoms with Crippen molar-refractivity contribution in [1.29, 1.82) is 0 Å². The van der Waals surface area contributed by atoms with Crippen molar-refractivity contribution in [1.82, 2.24) is 0 Å². The van der Waals surface area contributed by atoms with Crippen molar-refractivity contribution < 1.29 is 14.6 Å². The van der Waals surface area contributed by atoms with Gasteiger partial charge in [-0.1, -0.05) is 6.58 Å². The second-order valence-electron chi connectivity index (χ2n) is 8.96. The highest BCUT2D eigenvalue weighted by atomic mass is 16.5. The maximum atomic E-state index is 11.5. The third-order valence-electron chi connectivity index (χ3n) is 6.68. The molecule has 4 saturated carbocycles. The molecule has 0 amide bonds. The van der Waals surface area contributed by atoms with Gasteiger partial charge in [-0.3, -0.25) is 0 Å². The summed E-state index contributed by atoms with van der Waals surface area (Å²) in [7, 11) is 0. The highest BCUT2D eigenvalue weighted by molar-refractivity contribution is 5.81. The van der Waals surface area contributed by atoms with Crippen LogP contribution in [0.4, 0.5) is 0 Å². The van der Waals surface area contributed by atoms with Crippen LogP contribution in [0.3, 0.4) is 0 Å². The molecule has 0 aromatic carbocycles. The first-order valence-corrected chi connectivity index (χ1v) is 8.72. The predicted octanol–water partition coefficient (Wildman–Crippen LogP) is 3.85. The van der Waals surface area contributed by atoms with Gasteiger partial charge < -0.3 is 9.84 Å². The standard InChI is InChI=1S/C19H30O3/c1-5-16(20)22-13(2)7-18-8-14-6-15(9-18)11-19(10-14,12-18)17(3,4)21/h5,13-15,21H,1,6-12H2,2-4H3. The lowest BCUT2D eigenvalue weighted by Crippen LogP contribution is -2.60. The van der Waals surface area contributed by atoms with E-state index in [1.165, 1.54) is 38.2 Å².